The summed E-state index contributed by atoms with van der Waals surface area (Å²) in [6.07, 6.45) is 3.23. The molecule has 0 saturated carbocycles. The zero-order valence-corrected chi connectivity index (χ0v) is 14.6. The van der Waals surface area contributed by atoms with Crippen molar-refractivity contribution < 1.29 is 4.79 Å². The second-order valence-corrected chi connectivity index (χ2v) is 6.53. The average Bonchev–Trinajstić information content (AvgIpc) is 3.39. The normalized spacial score (nSPS) is 10.6. The number of benzene rings is 2. The summed E-state index contributed by atoms with van der Waals surface area (Å²) < 4.78 is 1.78. The van der Waals surface area contributed by atoms with Gasteiger partial charge in [-0.2, -0.15) is 0 Å². The second kappa shape index (κ2) is 7.28. The summed E-state index contributed by atoms with van der Waals surface area (Å²) in [5, 5.41) is 10.5. The molecular weight excluding hydrogens is 346 g/mol. The number of thiazole rings is 1. The standard InChI is InChI=1S/C19H15N5OS/c25-19(15-6-8-16(9-7-15)24-11-22-23-12-24)20-10-17-18(21-13-26-17)14-4-2-1-3-5-14/h1-9,11-13H,10H2,(H,20,25). The minimum Gasteiger partial charge on any atom is -0.347 e. The van der Waals surface area contributed by atoms with Crippen molar-refractivity contribution in [3.8, 4) is 16.9 Å². The van der Waals surface area contributed by atoms with Gasteiger partial charge in [-0.05, 0) is 24.3 Å². The maximum absolute atomic E-state index is 12.4. The van der Waals surface area contributed by atoms with Crippen LogP contribution in [0.3, 0.4) is 0 Å². The van der Waals surface area contributed by atoms with Crippen molar-refractivity contribution in [1.29, 1.82) is 0 Å². The third kappa shape index (κ3) is 3.38. The van der Waals surface area contributed by atoms with Gasteiger partial charge in [0.25, 0.3) is 5.91 Å². The molecule has 0 aliphatic rings. The van der Waals surface area contributed by atoms with E-state index >= 15 is 0 Å². The minimum atomic E-state index is -0.118. The van der Waals surface area contributed by atoms with Crippen molar-refractivity contribution in [2.45, 2.75) is 6.54 Å². The summed E-state index contributed by atoms with van der Waals surface area (Å²) in [6.45, 7) is 0.445. The Kier molecular flexibility index (Phi) is 4.53. The van der Waals surface area contributed by atoms with Gasteiger partial charge in [0.15, 0.2) is 0 Å². The number of amides is 1. The van der Waals surface area contributed by atoms with Crippen LogP contribution in [0.15, 0.2) is 72.8 Å². The van der Waals surface area contributed by atoms with Crippen molar-refractivity contribution >= 4 is 17.2 Å². The Hall–Kier alpha value is -3.32. The first-order valence-electron chi connectivity index (χ1n) is 8.02. The van der Waals surface area contributed by atoms with E-state index in [1.807, 2.05) is 42.5 Å². The largest absolute Gasteiger partial charge is 0.347 e. The molecular formula is C19H15N5OS. The monoisotopic (exact) mass is 361 g/mol. The summed E-state index contributed by atoms with van der Waals surface area (Å²) in [6, 6.07) is 17.3. The molecule has 2 aromatic carbocycles. The van der Waals surface area contributed by atoms with Crippen LogP contribution in [0.25, 0.3) is 16.9 Å². The first kappa shape index (κ1) is 16.2. The lowest BCUT2D eigenvalue weighted by atomic mass is 10.1. The van der Waals surface area contributed by atoms with E-state index in [9.17, 15) is 4.79 Å². The van der Waals surface area contributed by atoms with Gasteiger partial charge >= 0.3 is 0 Å². The quantitative estimate of drug-likeness (QED) is 0.592. The predicted molar refractivity (Wildman–Crippen MR) is 100 cm³/mol. The molecule has 0 atom stereocenters. The molecule has 6 nitrogen and oxygen atoms in total. The molecule has 0 radical (unpaired) electrons. The number of hydrogen-bond donors (Lipinski definition) is 1. The lowest BCUT2D eigenvalue weighted by Crippen LogP contribution is -2.22. The van der Waals surface area contributed by atoms with Crippen molar-refractivity contribution in [2.75, 3.05) is 0 Å². The van der Waals surface area contributed by atoms with E-state index < -0.39 is 0 Å². The second-order valence-electron chi connectivity index (χ2n) is 5.59. The van der Waals surface area contributed by atoms with Crippen molar-refractivity contribution in [3.63, 3.8) is 0 Å². The lowest BCUT2D eigenvalue weighted by Gasteiger charge is -2.07. The van der Waals surface area contributed by atoms with Crippen LogP contribution in [0.4, 0.5) is 0 Å². The number of hydrogen-bond acceptors (Lipinski definition) is 5. The number of nitrogens with one attached hydrogen (secondary N) is 1. The zero-order valence-electron chi connectivity index (χ0n) is 13.7. The Morgan fingerprint density at radius 3 is 2.46 bits per heavy atom. The molecule has 0 spiro atoms. The van der Waals surface area contributed by atoms with Gasteiger partial charge in [0, 0.05) is 16.8 Å². The fourth-order valence-corrected chi connectivity index (χ4v) is 3.33. The van der Waals surface area contributed by atoms with Gasteiger partial charge in [0.1, 0.15) is 12.7 Å². The Morgan fingerprint density at radius 2 is 1.73 bits per heavy atom. The molecule has 4 rings (SSSR count). The molecule has 1 N–H and O–H groups in total. The maximum Gasteiger partial charge on any atom is 0.251 e. The van der Waals surface area contributed by atoms with E-state index in [0.717, 1.165) is 21.8 Å². The van der Waals surface area contributed by atoms with Crippen LogP contribution in [-0.2, 0) is 6.54 Å². The Morgan fingerprint density at radius 1 is 1.00 bits per heavy atom. The Bertz CT molecular complexity index is 994. The highest BCUT2D eigenvalue weighted by Crippen LogP contribution is 2.25. The molecule has 0 bridgehead atoms. The van der Waals surface area contributed by atoms with E-state index in [0.29, 0.717) is 12.1 Å². The van der Waals surface area contributed by atoms with Crippen LogP contribution in [0.1, 0.15) is 15.2 Å². The smallest absolute Gasteiger partial charge is 0.251 e. The third-order valence-electron chi connectivity index (χ3n) is 3.94. The fourth-order valence-electron chi connectivity index (χ4n) is 2.61. The summed E-state index contributed by atoms with van der Waals surface area (Å²) in [4.78, 5) is 17.9. The summed E-state index contributed by atoms with van der Waals surface area (Å²) >= 11 is 1.54. The van der Waals surface area contributed by atoms with E-state index in [4.69, 9.17) is 0 Å². The van der Waals surface area contributed by atoms with Crippen LogP contribution in [-0.4, -0.2) is 25.7 Å². The molecule has 0 fully saturated rings. The molecule has 2 heterocycles. The summed E-state index contributed by atoms with van der Waals surface area (Å²) in [7, 11) is 0. The molecule has 0 saturated heterocycles. The van der Waals surface area contributed by atoms with Gasteiger partial charge in [-0.15, -0.1) is 21.5 Å². The van der Waals surface area contributed by atoms with Crippen molar-refractivity contribution in [1.82, 2.24) is 25.1 Å². The highest BCUT2D eigenvalue weighted by atomic mass is 32.1. The van der Waals surface area contributed by atoms with Crippen molar-refractivity contribution in [3.05, 3.63) is 83.2 Å². The Balaban J connectivity index is 1.44. The predicted octanol–water partition coefficient (Wildman–Crippen LogP) is 3.32. The van der Waals surface area contributed by atoms with Gasteiger partial charge in [-0.25, -0.2) is 4.98 Å². The lowest BCUT2D eigenvalue weighted by molar-refractivity contribution is 0.0951. The van der Waals surface area contributed by atoms with Gasteiger partial charge in [0.05, 0.1) is 22.6 Å². The summed E-state index contributed by atoms with van der Waals surface area (Å²) in [5.41, 5.74) is 5.28. The zero-order chi connectivity index (χ0) is 17.8. The molecule has 0 unspecified atom stereocenters. The topological polar surface area (TPSA) is 72.7 Å². The van der Waals surface area contributed by atoms with Crippen LogP contribution in [0, 0.1) is 0 Å². The van der Waals surface area contributed by atoms with E-state index in [1.54, 1.807) is 34.9 Å². The number of nitrogens with zero attached hydrogens (tertiary/aromatic N) is 4. The SMILES string of the molecule is O=C(NCc1scnc1-c1ccccc1)c1ccc(-n2cnnc2)cc1. The van der Waals surface area contributed by atoms with Crippen LogP contribution < -0.4 is 5.32 Å². The first-order chi connectivity index (χ1) is 12.8. The first-order valence-corrected chi connectivity index (χ1v) is 8.90. The van der Waals surface area contributed by atoms with Crippen LogP contribution >= 0.6 is 11.3 Å². The maximum atomic E-state index is 12.4. The molecule has 4 aromatic rings. The van der Waals surface area contributed by atoms with Gasteiger partial charge in [-0.1, -0.05) is 30.3 Å². The molecule has 128 valence electrons. The molecule has 1 amide bonds. The molecule has 0 aliphatic heterocycles. The van der Waals surface area contributed by atoms with E-state index in [2.05, 4.69) is 20.5 Å². The van der Waals surface area contributed by atoms with Gasteiger partial charge in [0.2, 0.25) is 0 Å². The molecule has 7 heteroatoms. The molecule has 2 aromatic heterocycles. The highest BCUT2D eigenvalue weighted by Gasteiger charge is 2.11. The van der Waals surface area contributed by atoms with Gasteiger partial charge < -0.3 is 5.32 Å². The fraction of sp³-hybridized carbons (Fsp3) is 0.0526. The number of carbonyl (C=O) groups is 1. The third-order valence-corrected chi connectivity index (χ3v) is 4.78. The summed E-state index contributed by atoms with van der Waals surface area (Å²) in [5.74, 6) is -0.118. The number of aromatic nitrogens is 4. The molecule has 26 heavy (non-hydrogen) atoms. The van der Waals surface area contributed by atoms with E-state index in [1.165, 1.54) is 11.3 Å². The molecule has 0 aliphatic carbocycles. The minimum absolute atomic E-state index is 0.118. The number of rotatable bonds is 5. The van der Waals surface area contributed by atoms with Crippen LogP contribution in [0.2, 0.25) is 0 Å². The highest BCUT2D eigenvalue weighted by molar-refractivity contribution is 7.10. The van der Waals surface area contributed by atoms with Gasteiger partial charge in [-0.3, -0.25) is 9.36 Å². The Labute approximate surface area is 154 Å². The van der Waals surface area contributed by atoms with Crippen molar-refractivity contribution in [2.24, 2.45) is 0 Å². The van der Waals surface area contributed by atoms with E-state index in [-0.39, 0.29) is 5.91 Å². The number of carbonyl (C=O) groups excluding carboxylic acids is 1. The average molecular weight is 361 g/mol. The van der Waals surface area contributed by atoms with Crippen LogP contribution in [0.5, 0.6) is 0 Å².